The summed E-state index contributed by atoms with van der Waals surface area (Å²) < 4.78 is 218. The Morgan fingerprint density at radius 1 is 0.429 bits per heavy atom. The predicted octanol–water partition coefficient (Wildman–Crippen LogP) is -16.9. The molecule has 8 rings (SSSR count). The van der Waals surface area contributed by atoms with Gasteiger partial charge < -0.3 is 68.0 Å². The van der Waals surface area contributed by atoms with E-state index < -0.39 is 192 Å². The maximum atomic E-state index is 14.3. The van der Waals surface area contributed by atoms with Crippen LogP contribution in [0, 0.1) is 0 Å². The number of fused-ring (bicyclic) bond motifs is 2. The second kappa shape index (κ2) is 34.1. The molecule has 450 valence electrons. The van der Waals surface area contributed by atoms with E-state index in [1.54, 1.807) is 0 Å². The summed E-state index contributed by atoms with van der Waals surface area (Å²) in [5.74, 6) is -8.79. The number of carbonyl (C=O) groups is 2. The van der Waals surface area contributed by atoms with Gasteiger partial charge in [0.1, 0.15) is 60.7 Å². The Bertz CT molecular complexity index is 5020. The Labute approximate surface area is 672 Å². The van der Waals surface area contributed by atoms with E-state index in [9.17, 15) is 108 Å². The zero-order valence-corrected chi connectivity index (χ0v) is 65.6. The van der Waals surface area contributed by atoms with Crippen LogP contribution >= 0.6 is 11.6 Å². The summed E-state index contributed by atoms with van der Waals surface area (Å²) in [4.78, 5) is 28.4. The Hall–Kier alpha value is -1.80. The second-order valence-electron chi connectivity index (χ2n) is 16.4. The van der Waals surface area contributed by atoms with Crippen molar-refractivity contribution >= 4 is 152 Å². The molecule has 0 fully saturated rings. The Balaban J connectivity index is 0.0000101. The van der Waals surface area contributed by atoms with Crippen LogP contribution in [-0.2, 0) is 94.8 Å². The minimum Gasteiger partial charge on any atom is -0.870 e. The van der Waals surface area contributed by atoms with Crippen molar-refractivity contribution in [1.29, 1.82) is 0 Å². The molecule has 0 saturated heterocycles. The standard InChI is InChI=1S/C43H28ClN9O24S6.2Cu.6Na/c44-41-47-42(45-21-2-1-3-22(14-21)78(60,61)62)49-43(48-41)46-29-15-23(79(63,64)65)8-19-12-31(82(72,73)74)35(37(54)33(19)29)52-50-27-6-4-17(10-25(27)39(56)57)18-5-7-28(26(11-18)40(58)59)51-53-36-32(83(75,76)77)13-20-9-24(80(66,67)68)16-30(81(69,70)71)34(20)38(36)55;;;;;;;;/h1-16,54-55H,(H,56,57)(H,58,59)(H,60,61,62)(H,63,64,65)(H,66,67,68)(H,69,70,71)(H,72,73,74)(H,75,76,77)(H2,45,46,47,48,49);;;;;;;;/q;2*+2;6*+1/p-10. The number of aromatic carboxylic acids is 2. The van der Waals surface area contributed by atoms with Crippen LogP contribution in [0.15, 0.2) is 147 Å². The fourth-order valence-electron chi connectivity index (χ4n) is 7.59. The molecule has 48 heteroatoms. The number of hydrogen-bond acceptors (Lipinski definition) is 33. The Kier molecular flexibility index (Phi) is 33.4. The summed E-state index contributed by atoms with van der Waals surface area (Å²) in [6.45, 7) is 0. The van der Waals surface area contributed by atoms with Crippen molar-refractivity contribution in [2.45, 2.75) is 29.4 Å². The number of carbonyl (C=O) groups excluding carboxylic acids is 2. The number of aromatic nitrogens is 3. The normalized spacial score (nSPS) is 11.7. The average molecular weight is 1540 g/mol. The molecule has 91 heavy (non-hydrogen) atoms. The average Bonchev–Trinajstić information content (AvgIpc) is 1.19. The maximum absolute atomic E-state index is 14.3. The molecule has 1 aromatic heterocycles. The fraction of sp³-hybridized carbons (Fsp3) is 0. The van der Waals surface area contributed by atoms with Crippen molar-refractivity contribution in [3.63, 3.8) is 0 Å². The van der Waals surface area contributed by atoms with Gasteiger partial charge in [0, 0.05) is 22.5 Å². The molecular weight excluding hydrogens is 1520 g/mol. The smallest absolute Gasteiger partial charge is 0.870 e. The van der Waals surface area contributed by atoms with Gasteiger partial charge in [-0.2, -0.15) is 15.0 Å². The van der Waals surface area contributed by atoms with E-state index >= 15 is 0 Å². The maximum Gasteiger partial charge on any atom is 2.00 e. The van der Waals surface area contributed by atoms with Crippen LogP contribution in [0.4, 0.5) is 46.0 Å². The first-order valence-corrected chi connectivity index (χ1v) is 30.1. The molecule has 0 aliphatic heterocycles. The summed E-state index contributed by atoms with van der Waals surface area (Å²) in [5.41, 5.74) is -7.76. The molecule has 0 aliphatic carbocycles. The summed E-state index contributed by atoms with van der Waals surface area (Å²) >= 11 is 6.06. The van der Waals surface area contributed by atoms with Crippen molar-refractivity contribution in [3.8, 4) is 22.6 Å². The van der Waals surface area contributed by atoms with Gasteiger partial charge in [-0.25, -0.2) is 50.5 Å². The van der Waals surface area contributed by atoms with Gasteiger partial charge in [0.15, 0.2) is 0 Å². The van der Waals surface area contributed by atoms with Crippen LogP contribution in [-0.4, -0.2) is 105 Å². The van der Waals surface area contributed by atoms with E-state index in [-0.39, 0.29) is 246 Å². The van der Waals surface area contributed by atoms with Crippen LogP contribution in [0.5, 0.6) is 11.5 Å². The zero-order chi connectivity index (χ0) is 61.3. The van der Waals surface area contributed by atoms with E-state index in [1.165, 1.54) is 6.07 Å². The summed E-state index contributed by atoms with van der Waals surface area (Å²) in [5, 5.41) is 67.3. The van der Waals surface area contributed by atoms with Gasteiger partial charge >= 0.3 is 211 Å². The van der Waals surface area contributed by atoms with Crippen molar-refractivity contribution in [3.05, 3.63) is 113 Å². The minimum atomic E-state index is -5.88. The Morgan fingerprint density at radius 2 is 0.824 bits per heavy atom. The van der Waals surface area contributed by atoms with Crippen molar-refractivity contribution in [2.24, 2.45) is 20.5 Å². The summed E-state index contributed by atoms with van der Waals surface area (Å²) in [6, 6.07) is 11.2. The molecule has 0 amide bonds. The number of carboxylic acid groups (broad SMARTS) is 2. The molecule has 1 heterocycles. The number of nitrogens with one attached hydrogen (secondary N) is 2. The van der Waals surface area contributed by atoms with E-state index in [2.05, 4.69) is 46.0 Å². The molecule has 0 spiro atoms. The first-order valence-electron chi connectivity index (χ1n) is 21.3. The molecule has 0 aliphatic rings. The molecule has 0 unspecified atom stereocenters. The van der Waals surface area contributed by atoms with Crippen LogP contribution in [0.1, 0.15) is 20.7 Å². The van der Waals surface area contributed by atoms with Crippen molar-refractivity contribution in [1.82, 2.24) is 15.0 Å². The van der Waals surface area contributed by atoms with Gasteiger partial charge in [-0.3, -0.25) is 0 Å². The second-order valence-corrected chi connectivity index (χ2v) is 24.9. The molecule has 8 aromatic rings. The van der Waals surface area contributed by atoms with Crippen LogP contribution in [0.2, 0.25) is 5.28 Å². The van der Waals surface area contributed by atoms with Gasteiger partial charge in [-0.05, 0) is 123 Å². The molecule has 2 N–H and O–H groups in total. The van der Waals surface area contributed by atoms with Gasteiger partial charge in [0.05, 0.1) is 64.1 Å². The SMILES string of the molecule is O=C([O-])c1cc(-c2ccc(N=Nc3c(S(=O)(=O)[O-])cc4cc(S(=O)(=O)[O-])cc(S(=O)(=O)[O-])c4c3[O-])c(C(=O)[O-])c2)ccc1N=Nc1c(S(=O)(=O)[O-])cc2cc(S(=O)(=O)[O-])cc(Nc3nc(Cl)nc(Nc4cccc(S(=O)(=O)[O-])c4)n3)c2c1[O-].[Cu+2].[Cu+2].[Na+].[Na+].[Na+].[Na+].[Na+].[Na+]. The molecule has 0 bridgehead atoms. The third kappa shape index (κ3) is 21.1. The molecular formula is C43H18ClCu2N9Na6O24S6. The summed E-state index contributed by atoms with van der Waals surface area (Å²) in [7, 11) is -33.6. The number of rotatable bonds is 17. The van der Waals surface area contributed by atoms with E-state index in [1.807, 2.05) is 0 Å². The van der Waals surface area contributed by atoms with Crippen LogP contribution < -0.4 is 208 Å². The molecule has 0 saturated carbocycles. The minimum absolute atomic E-state index is 0. The van der Waals surface area contributed by atoms with Crippen molar-refractivity contribution < 1.29 is 319 Å². The molecule has 2 radical (unpaired) electrons. The van der Waals surface area contributed by atoms with Gasteiger partial charge in [-0.15, -0.1) is 20.5 Å². The molecule has 0 atom stereocenters. The van der Waals surface area contributed by atoms with Gasteiger partial charge in [0.25, 0.3) is 0 Å². The number of hydrogen-bond donors (Lipinski definition) is 2. The third-order valence-corrected chi connectivity index (χ3v) is 16.3. The number of halogens is 1. The number of azo groups is 2. The van der Waals surface area contributed by atoms with E-state index in [4.69, 9.17) is 11.6 Å². The topological polar surface area (TPSA) is 582 Å². The number of benzene rings is 7. The number of anilines is 4. The van der Waals surface area contributed by atoms with Gasteiger partial charge in [0.2, 0.25) is 17.2 Å². The number of carboxylic acids is 2. The zero-order valence-electron chi connectivity index (χ0n) is 46.1. The van der Waals surface area contributed by atoms with Crippen molar-refractivity contribution in [2.75, 3.05) is 10.6 Å². The largest absolute Gasteiger partial charge is 2.00 e. The van der Waals surface area contributed by atoms with Crippen LogP contribution in [0.25, 0.3) is 32.7 Å². The quantitative estimate of drug-likeness (QED) is 0.0485. The fourth-order valence-corrected chi connectivity index (χ4v) is 11.4. The van der Waals surface area contributed by atoms with Crippen LogP contribution in [0.3, 0.4) is 0 Å². The summed E-state index contributed by atoms with van der Waals surface area (Å²) in [6.07, 6.45) is 0. The first kappa shape index (κ1) is 89.2. The Morgan fingerprint density at radius 3 is 1.23 bits per heavy atom. The third-order valence-electron chi connectivity index (χ3n) is 11.1. The van der Waals surface area contributed by atoms with Gasteiger partial charge in [-0.1, -0.05) is 29.7 Å². The first-order chi connectivity index (χ1) is 38.3. The monoisotopic (exact) mass is 1530 g/mol. The van der Waals surface area contributed by atoms with E-state index in [0.29, 0.717) is 18.2 Å². The number of nitrogens with zero attached hydrogens (tertiary/aromatic N) is 7. The predicted molar refractivity (Wildman–Crippen MR) is 261 cm³/mol. The molecule has 7 aromatic carbocycles. The molecule has 33 nitrogen and oxygen atoms in total. The van der Waals surface area contributed by atoms with E-state index in [0.717, 1.165) is 54.6 Å².